The van der Waals surface area contributed by atoms with Gasteiger partial charge in [-0.25, -0.2) is 0 Å². The lowest BCUT2D eigenvalue weighted by molar-refractivity contribution is 0.0667. The Balaban J connectivity index is 1.44. The number of nitrogens with zero attached hydrogens (tertiary/aromatic N) is 3. The monoisotopic (exact) mass is 375 g/mol. The summed E-state index contributed by atoms with van der Waals surface area (Å²) >= 11 is 0. The molecule has 2 aromatic carbocycles. The molecule has 0 N–H and O–H groups in total. The summed E-state index contributed by atoms with van der Waals surface area (Å²) < 4.78 is 5.51. The van der Waals surface area contributed by atoms with Crippen molar-refractivity contribution in [1.29, 1.82) is 0 Å². The first-order valence-electron chi connectivity index (χ1n) is 9.85. The first-order valence-corrected chi connectivity index (χ1v) is 9.85. The highest BCUT2D eigenvalue weighted by atomic mass is 16.5. The third-order valence-corrected chi connectivity index (χ3v) is 5.50. The molecule has 0 aliphatic carbocycles. The Hall–Kier alpha value is -2.95. The van der Waals surface area contributed by atoms with Crippen molar-refractivity contribution in [2.45, 2.75) is 33.1 Å². The zero-order chi connectivity index (χ0) is 19.5. The number of piperidine rings is 1. The van der Waals surface area contributed by atoms with Crippen LogP contribution in [-0.4, -0.2) is 34.0 Å². The maximum absolute atomic E-state index is 12.9. The second-order valence-corrected chi connectivity index (χ2v) is 7.61. The number of carbonyl (C=O) groups excluding carboxylic acids is 1. The fraction of sp³-hybridized carbons (Fsp3) is 0.348. The number of benzene rings is 2. The molecule has 0 bridgehead atoms. The van der Waals surface area contributed by atoms with Crippen LogP contribution in [0.5, 0.6) is 0 Å². The lowest BCUT2D eigenvalue weighted by Gasteiger charge is -2.32. The van der Waals surface area contributed by atoms with Crippen molar-refractivity contribution < 1.29 is 9.32 Å². The molecule has 0 radical (unpaired) electrons. The molecule has 5 nitrogen and oxygen atoms in total. The van der Waals surface area contributed by atoms with Gasteiger partial charge in [0, 0.05) is 30.6 Å². The highest BCUT2D eigenvalue weighted by molar-refractivity contribution is 5.95. The van der Waals surface area contributed by atoms with Gasteiger partial charge in [-0.3, -0.25) is 4.79 Å². The van der Waals surface area contributed by atoms with Gasteiger partial charge in [0.1, 0.15) is 0 Å². The SMILES string of the molecule is Cc1ccccc1C(=O)N1CCCC(Cc2nc(-c3ccccc3C)no2)C1. The Kier molecular flexibility index (Phi) is 5.24. The van der Waals surface area contributed by atoms with E-state index in [4.69, 9.17) is 4.52 Å². The molecule has 1 aromatic heterocycles. The normalized spacial score (nSPS) is 16.9. The molecular formula is C23H25N3O2. The summed E-state index contributed by atoms with van der Waals surface area (Å²) in [6.07, 6.45) is 2.77. The van der Waals surface area contributed by atoms with Gasteiger partial charge in [0.15, 0.2) is 0 Å². The maximum Gasteiger partial charge on any atom is 0.254 e. The average molecular weight is 375 g/mol. The molecule has 28 heavy (non-hydrogen) atoms. The highest BCUT2D eigenvalue weighted by Gasteiger charge is 2.26. The van der Waals surface area contributed by atoms with Crippen LogP contribution in [0.1, 0.15) is 40.2 Å². The Morgan fingerprint density at radius 3 is 2.64 bits per heavy atom. The van der Waals surface area contributed by atoms with Crippen LogP contribution in [0.25, 0.3) is 11.4 Å². The number of likely N-dealkylation sites (tertiary alicyclic amines) is 1. The van der Waals surface area contributed by atoms with Gasteiger partial charge in [0.2, 0.25) is 11.7 Å². The minimum absolute atomic E-state index is 0.119. The fourth-order valence-electron chi connectivity index (χ4n) is 3.92. The number of aryl methyl sites for hydroxylation is 2. The molecule has 1 aliphatic rings. The number of rotatable bonds is 4. The van der Waals surface area contributed by atoms with E-state index in [9.17, 15) is 4.79 Å². The summed E-state index contributed by atoms with van der Waals surface area (Å²) in [6.45, 7) is 5.57. The molecule has 4 rings (SSSR count). The van der Waals surface area contributed by atoms with E-state index in [-0.39, 0.29) is 5.91 Å². The Morgan fingerprint density at radius 1 is 1.11 bits per heavy atom. The van der Waals surface area contributed by atoms with Gasteiger partial charge >= 0.3 is 0 Å². The maximum atomic E-state index is 12.9. The van der Waals surface area contributed by atoms with E-state index in [2.05, 4.69) is 10.1 Å². The third-order valence-electron chi connectivity index (χ3n) is 5.50. The number of carbonyl (C=O) groups is 1. The number of aromatic nitrogens is 2. The molecule has 5 heteroatoms. The van der Waals surface area contributed by atoms with Gasteiger partial charge in [0.05, 0.1) is 0 Å². The lowest BCUT2D eigenvalue weighted by atomic mass is 9.94. The molecule has 1 fully saturated rings. The predicted molar refractivity (Wildman–Crippen MR) is 108 cm³/mol. The molecule has 0 saturated carbocycles. The lowest BCUT2D eigenvalue weighted by Crippen LogP contribution is -2.40. The Bertz CT molecular complexity index is 979. The quantitative estimate of drug-likeness (QED) is 0.676. The number of hydrogen-bond acceptors (Lipinski definition) is 4. The van der Waals surface area contributed by atoms with Crippen LogP contribution in [0.2, 0.25) is 0 Å². The van der Waals surface area contributed by atoms with E-state index in [0.717, 1.165) is 48.2 Å². The summed E-state index contributed by atoms with van der Waals surface area (Å²) in [5.41, 5.74) is 3.94. The predicted octanol–water partition coefficient (Wildman–Crippen LogP) is 4.45. The fourth-order valence-corrected chi connectivity index (χ4v) is 3.92. The van der Waals surface area contributed by atoms with Crippen molar-refractivity contribution in [3.8, 4) is 11.4 Å². The van der Waals surface area contributed by atoms with Crippen LogP contribution in [0.15, 0.2) is 53.1 Å². The average Bonchev–Trinajstić information content (AvgIpc) is 3.16. The second kappa shape index (κ2) is 7.97. The van der Waals surface area contributed by atoms with Crippen LogP contribution in [0.3, 0.4) is 0 Å². The van der Waals surface area contributed by atoms with Crippen LogP contribution in [-0.2, 0) is 6.42 Å². The summed E-state index contributed by atoms with van der Waals surface area (Å²) in [4.78, 5) is 19.5. The standard InChI is InChI=1S/C23H25N3O2/c1-16-8-3-5-11-19(16)22-24-21(28-25-22)14-18-10-7-13-26(15-18)23(27)20-12-6-4-9-17(20)2/h3-6,8-9,11-12,18H,7,10,13-15H2,1-2H3. The van der Waals surface area contributed by atoms with E-state index in [1.165, 1.54) is 0 Å². The summed E-state index contributed by atoms with van der Waals surface area (Å²) in [5.74, 6) is 1.74. The topological polar surface area (TPSA) is 59.2 Å². The molecule has 0 spiro atoms. The second-order valence-electron chi connectivity index (χ2n) is 7.61. The van der Waals surface area contributed by atoms with Gasteiger partial charge in [0.25, 0.3) is 5.91 Å². The molecule has 1 amide bonds. The first kappa shape index (κ1) is 18.4. The van der Waals surface area contributed by atoms with Crippen molar-refractivity contribution >= 4 is 5.91 Å². The number of amides is 1. The minimum atomic E-state index is 0.119. The molecule has 3 aromatic rings. The van der Waals surface area contributed by atoms with Crippen molar-refractivity contribution in [3.05, 3.63) is 71.1 Å². The van der Waals surface area contributed by atoms with Crippen LogP contribution >= 0.6 is 0 Å². The van der Waals surface area contributed by atoms with Gasteiger partial charge in [-0.2, -0.15) is 4.98 Å². The molecule has 2 heterocycles. The summed E-state index contributed by atoms with van der Waals surface area (Å²) in [5, 5.41) is 4.16. The first-order chi connectivity index (χ1) is 13.6. The van der Waals surface area contributed by atoms with Crippen LogP contribution < -0.4 is 0 Å². The smallest absolute Gasteiger partial charge is 0.254 e. The molecule has 1 atom stereocenters. The van der Waals surface area contributed by atoms with Gasteiger partial charge in [-0.05, 0) is 49.8 Å². The van der Waals surface area contributed by atoms with Crippen LogP contribution in [0, 0.1) is 19.8 Å². The minimum Gasteiger partial charge on any atom is -0.339 e. The van der Waals surface area contributed by atoms with Crippen molar-refractivity contribution in [3.63, 3.8) is 0 Å². The van der Waals surface area contributed by atoms with E-state index in [1.807, 2.05) is 67.3 Å². The molecule has 1 saturated heterocycles. The molecule has 1 aliphatic heterocycles. The largest absolute Gasteiger partial charge is 0.339 e. The summed E-state index contributed by atoms with van der Waals surface area (Å²) in [6, 6.07) is 15.8. The zero-order valence-corrected chi connectivity index (χ0v) is 16.4. The third kappa shape index (κ3) is 3.84. The van der Waals surface area contributed by atoms with Gasteiger partial charge in [-0.15, -0.1) is 0 Å². The number of hydrogen-bond donors (Lipinski definition) is 0. The molecule has 1 unspecified atom stereocenters. The van der Waals surface area contributed by atoms with E-state index < -0.39 is 0 Å². The zero-order valence-electron chi connectivity index (χ0n) is 16.4. The van der Waals surface area contributed by atoms with Gasteiger partial charge < -0.3 is 9.42 Å². The molecular weight excluding hydrogens is 350 g/mol. The van der Waals surface area contributed by atoms with E-state index >= 15 is 0 Å². The van der Waals surface area contributed by atoms with Crippen molar-refractivity contribution in [2.75, 3.05) is 13.1 Å². The van der Waals surface area contributed by atoms with Crippen molar-refractivity contribution in [2.24, 2.45) is 5.92 Å². The Labute approximate surface area is 165 Å². The summed E-state index contributed by atoms with van der Waals surface area (Å²) in [7, 11) is 0. The Morgan fingerprint density at radius 2 is 1.86 bits per heavy atom. The highest BCUT2D eigenvalue weighted by Crippen LogP contribution is 2.25. The van der Waals surface area contributed by atoms with Crippen LogP contribution in [0.4, 0.5) is 0 Å². The molecule has 144 valence electrons. The van der Waals surface area contributed by atoms with E-state index in [1.54, 1.807) is 0 Å². The van der Waals surface area contributed by atoms with Gasteiger partial charge in [-0.1, -0.05) is 47.6 Å². The van der Waals surface area contributed by atoms with E-state index in [0.29, 0.717) is 24.1 Å². The van der Waals surface area contributed by atoms with Crippen molar-refractivity contribution in [1.82, 2.24) is 15.0 Å².